The zero-order valence-corrected chi connectivity index (χ0v) is 12.5. The monoisotopic (exact) mass is 397 g/mol. The van der Waals surface area contributed by atoms with Gasteiger partial charge >= 0.3 is 0 Å². The third kappa shape index (κ3) is 2.85. The van der Waals surface area contributed by atoms with E-state index in [1.165, 1.54) is 0 Å². The predicted octanol–water partition coefficient (Wildman–Crippen LogP) is 5.25. The topological polar surface area (TPSA) is 0 Å². The average Bonchev–Trinajstić information content (AvgIpc) is 3.11. The van der Waals surface area contributed by atoms with Gasteiger partial charge in [0.25, 0.3) is 0 Å². The van der Waals surface area contributed by atoms with Gasteiger partial charge in [-0.3, -0.25) is 0 Å². The number of halogens is 10. The zero-order chi connectivity index (χ0) is 20.2. The van der Waals surface area contributed by atoms with Crippen LogP contribution in [0.15, 0.2) is 0 Å². The van der Waals surface area contributed by atoms with Gasteiger partial charge < -0.3 is 0 Å². The summed E-state index contributed by atoms with van der Waals surface area (Å²) in [6, 6.07) is 0. The molecule has 5 radical (unpaired) electrons. The van der Waals surface area contributed by atoms with Crippen LogP contribution in [0.25, 0.3) is 0 Å². The first kappa shape index (κ1) is 19.5. The molecule has 0 saturated heterocycles. The lowest BCUT2D eigenvalue weighted by Gasteiger charge is -2.15. The molecule has 0 amide bonds. The molecule has 0 unspecified atom stereocenters. The Balaban J connectivity index is 2.03. The van der Waals surface area contributed by atoms with Crippen LogP contribution in [0.2, 0.25) is 0 Å². The molecule has 0 aromatic heterocycles. The zero-order valence-electron chi connectivity index (χ0n) is 12.5. The second kappa shape index (κ2) is 6.72. The van der Waals surface area contributed by atoms with E-state index < -0.39 is 81.1 Å². The van der Waals surface area contributed by atoms with Gasteiger partial charge in [-0.05, 0) is 19.3 Å². The molecule has 0 N–H and O–H groups in total. The second-order valence-electron chi connectivity index (χ2n) is 5.28. The van der Waals surface area contributed by atoms with Crippen molar-refractivity contribution in [3.63, 3.8) is 0 Å². The van der Waals surface area contributed by atoms with Crippen molar-refractivity contribution in [2.75, 3.05) is 0 Å². The first-order valence-electron chi connectivity index (χ1n) is 6.88. The van der Waals surface area contributed by atoms with Gasteiger partial charge in [0.15, 0.2) is 46.5 Å². The third-order valence-electron chi connectivity index (χ3n) is 3.75. The van der Waals surface area contributed by atoms with E-state index in [0.717, 1.165) is 0 Å². The molecular weight excluding hydrogens is 394 g/mol. The van der Waals surface area contributed by atoms with Crippen LogP contribution in [0.1, 0.15) is 11.1 Å². The van der Waals surface area contributed by atoms with E-state index in [-0.39, 0.29) is 0 Å². The molecule has 1 aliphatic carbocycles. The Morgan fingerprint density at radius 1 is 0.333 bits per heavy atom. The van der Waals surface area contributed by atoms with Crippen LogP contribution >= 0.6 is 0 Å². The van der Waals surface area contributed by atoms with E-state index in [2.05, 4.69) is 0 Å². The van der Waals surface area contributed by atoms with Crippen LogP contribution in [0.3, 0.4) is 0 Å². The van der Waals surface area contributed by atoms with Crippen molar-refractivity contribution >= 4 is 0 Å². The van der Waals surface area contributed by atoms with Gasteiger partial charge in [0, 0.05) is 23.0 Å². The Bertz CT molecular complexity index is 803. The van der Waals surface area contributed by atoms with Crippen LogP contribution in [0, 0.1) is 89.3 Å². The molecule has 0 nitrogen and oxygen atoms in total. The number of hydrogen-bond donors (Lipinski definition) is 0. The van der Waals surface area contributed by atoms with E-state index in [4.69, 9.17) is 0 Å². The van der Waals surface area contributed by atoms with Gasteiger partial charge in [0.05, 0.1) is 0 Å². The van der Waals surface area contributed by atoms with Crippen LogP contribution in [0.4, 0.5) is 43.9 Å². The molecule has 1 fully saturated rings. The van der Waals surface area contributed by atoms with Crippen LogP contribution in [-0.2, 0) is 0 Å². The average molecular weight is 397 g/mol. The van der Waals surface area contributed by atoms with E-state index in [1.807, 2.05) is 0 Å². The maximum absolute atomic E-state index is 13.8. The smallest absolute Gasteiger partial charge is 0.200 e. The van der Waals surface area contributed by atoms with E-state index in [9.17, 15) is 43.9 Å². The van der Waals surface area contributed by atoms with Gasteiger partial charge in [0.2, 0.25) is 11.6 Å². The van der Waals surface area contributed by atoms with Crippen molar-refractivity contribution in [2.24, 2.45) is 0 Å². The number of rotatable bonds is 2. The highest BCUT2D eigenvalue weighted by molar-refractivity contribution is 5.61. The summed E-state index contributed by atoms with van der Waals surface area (Å²) in [7, 11) is 0. The maximum Gasteiger partial charge on any atom is 0.200 e. The minimum Gasteiger partial charge on any atom is -0.203 e. The summed E-state index contributed by atoms with van der Waals surface area (Å²) >= 11 is 0. The highest BCUT2D eigenvalue weighted by Crippen LogP contribution is 2.44. The summed E-state index contributed by atoms with van der Waals surface area (Å²) in [5, 5.41) is 0. The Morgan fingerprint density at radius 3 is 0.815 bits per heavy atom. The van der Waals surface area contributed by atoms with Crippen LogP contribution < -0.4 is 0 Å². The fraction of sp³-hybridized carbons (Fsp3) is 0. The van der Waals surface area contributed by atoms with Crippen molar-refractivity contribution in [3.8, 4) is 0 Å². The predicted molar refractivity (Wildman–Crippen MR) is 70.1 cm³/mol. The molecule has 0 heterocycles. The fourth-order valence-corrected chi connectivity index (χ4v) is 2.47. The van der Waals surface area contributed by atoms with Gasteiger partial charge in [-0.2, -0.15) is 0 Å². The maximum atomic E-state index is 13.8. The van der Waals surface area contributed by atoms with Gasteiger partial charge in [-0.15, -0.1) is 0 Å². The highest BCUT2D eigenvalue weighted by atomic mass is 19.2. The summed E-state index contributed by atoms with van der Waals surface area (Å²) in [6.45, 7) is 0. The molecule has 2 aromatic carbocycles. The van der Waals surface area contributed by atoms with Gasteiger partial charge in [0.1, 0.15) is 0 Å². The summed E-state index contributed by atoms with van der Waals surface area (Å²) in [4.78, 5) is 0. The normalized spacial score (nSPS) is 15.8. The largest absolute Gasteiger partial charge is 0.203 e. The Morgan fingerprint density at radius 2 is 0.556 bits per heavy atom. The lowest BCUT2D eigenvalue weighted by Crippen LogP contribution is -2.13. The summed E-state index contributed by atoms with van der Waals surface area (Å²) in [6.07, 6.45) is 1.92. The Hall–Kier alpha value is -2.26. The van der Waals surface area contributed by atoms with Crippen molar-refractivity contribution in [1.82, 2.24) is 0 Å². The molecule has 10 heteroatoms. The third-order valence-corrected chi connectivity index (χ3v) is 3.75. The minimum atomic E-state index is -2.42. The van der Waals surface area contributed by atoms with Crippen LogP contribution in [0.5, 0.6) is 0 Å². The van der Waals surface area contributed by atoms with E-state index in [1.54, 1.807) is 0 Å². The molecule has 0 bridgehead atoms. The van der Waals surface area contributed by atoms with Gasteiger partial charge in [-0.25, -0.2) is 43.9 Å². The quantitative estimate of drug-likeness (QED) is 0.369. The lowest BCUT2D eigenvalue weighted by atomic mass is 9.91. The summed E-state index contributed by atoms with van der Waals surface area (Å²) < 4.78 is 134. The van der Waals surface area contributed by atoms with Crippen LogP contribution in [-0.4, -0.2) is 0 Å². The van der Waals surface area contributed by atoms with Gasteiger partial charge in [-0.1, -0.05) is 0 Å². The molecule has 1 aliphatic rings. The molecule has 1 saturated carbocycles. The van der Waals surface area contributed by atoms with Crippen molar-refractivity contribution < 1.29 is 43.9 Å². The molecule has 0 spiro atoms. The molecule has 0 aliphatic heterocycles. The lowest BCUT2D eigenvalue weighted by molar-refractivity contribution is 0.372. The van der Waals surface area contributed by atoms with Crippen molar-refractivity contribution in [2.45, 2.75) is 0 Å². The fourth-order valence-electron chi connectivity index (χ4n) is 2.47. The standard InChI is InChI=1S/C17H3F10/c18-8-6(9(19)13(23)16(26)12(8)22)4-1-2-5(3-4)7-10(20)14(24)17(27)15(25)11(7)21/h1-3H. The van der Waals surface area contributed by atoms with Crippen molar-refractivity contribution in [1.29, 1.82) is 0 Å². The molecular formula is C17H3F10. The molecule has 3 rings (SSSR count). The highest BCUT2D eigenvalue weighted by Gasteiger charge is 2.40. The molecule has 27 heavy (non-hydrogen) atoms. The first-order chi connectivity index (χ1) is 12.6. The molecule has 141 valence electrons. The minimum absolute atomic E-state index is 0.524. The van der Waals surface area contributed by atoms with E-state index >= 15 is 0 Å². The molecule has 2 aromatic rings. The van der Waals surface area contributed by atoms with E-state index in [0.29, 0.717) is 19.3 Å². The molecule has 0 atom stereocenters. The number of benzene rings is 2. The number of hydrogen-bond acceptors (Lipinski definition) is 0. The second-order valence-corrected chi connectivity index (χ2v) is 5.28. The first-order valence-corrected chi connectivity index (χ1v) is 6.88. The Kier molecular flexibility index (Phi) is 4.85. The summed E-state index contributed by atoms with van der Waals surface area (Å²) in [5.41, 5.74) is -2.83. The SMILES string of the molecule is Fc1c(F)c(F)c([C]2[CH][CH][C](c3c(F)c(F)c(F)c(F)c3F)[CH]2)c(F)c1F. The Labute approximate surface area is 145 Å². The van der Waals surface area contributed by atoms with Crippen molar-refractivity contribution in [3.05, 3.63) is 100 Å². The summed E-state index contributed by atoms with van der Waals surface area (Å²) in [5.74, 6) is -24.2.